The molecule has 0 spiro atoms. The Morgan fingerprint density at radius 1 is 1.09 bits per heavy atom. The standard InChI is InChI=1S/C25H20ClN3O3S/c1-16-5-8-20(9-6-16)29-13-21(17-7-10-22-23(11-17)32-15-31-22)28-25(29)33-14-24(30)27-19-4-2-3-18(26)12-19/h2-13H,14-15H2,1H3,(H,27,30). The number of nitrogens with zero attached hydrogens (tertiary/aromatic N) is 2. The molecule has 33 heavy (non-hydrogen) atoms. The van der Waals surface area contributed by atoms with Crippen LogP contribution in [0.15, 0.2) is 78.1 Å². The van der Waals surface area contributed by atoms with Crippen LogP contribution in [0.3, 0.4) is 0 Å². The summed E-state index contributed by atoms with van der Waals surface area (Å²) >= 11 is 7.38. The molecule has 8 heteroatoms. The molecule has 1 aromatic heterocycles. The van der Waals surface area contributed by atoms with Crippen molar-refractivity contribution in [1.82, 2.24) is 9.55 Å². The second kappa shape index (κ2) is 9.21. The fourth-order valence-corrected chi connectivity index (χ4v) is 4.43. The van der Waals surface area contributed by atoms with Crippen LogP contribution in [-0.4, -0.2) is 28.0 Å². The lowest BCUT2D eigenvalue weighted by Crippen LogP contribution is -2.14. The third-order valence-electron chi connectivity index (χ3n) is 5.09. The van der Waals surface area contributed by atoms with E-state index in [4.69, 9.17) is 26.1 Å². The summed E-state index contributed by atoms with van der Waals surface area (Å²) < 4.78 is 12.9. The van der Waals surface area contributed by atoms with Gasteiger partial charge in [-0.15, -0.1) is 0 Å². The molecule has 6 nitrogen and oxygen atoms in total. The van der Waals surface area contributed by atoms with Crippen LogP contribution >= 0.6 is 23.4 Å². The molecule has 0 saturated carbocycles. The number of anilines is 1. The van der Waals surface area contributed by atoms with Crippen molar-refractivity contribution in [2.45, 2.75) is 12.1 Å². The van der Waals surface area contributed by atoms with Gasteiger partial charge in [0.05, 0.1) is 11.4 Å². The molecule has 0 bridgehead atoms. The quantitative estimate of drug-likeness (QED) is 0.347. The number of nitrogens with one attached hydrogen (secondary N) is 1. The van der Waals surface area contributed by atoms with Gasteiger partial charge >= 0.3 is 0 Å². The largest absolute Gasteiger partial charge is 0.454 e. The van der Waals surface area contributed by atoms with E-state index in [1.54, 1.807) is 24.3 Å². The highest BCUT2D eigenvalue weighted by Crippen LogP contribution is 2.36. The number of amides is 1. The molecule has 0 atom stereocenters. The lowest BCUT2D eigenvalue weighted by atomic mass is 10.1. The van der Waals surface area contributed by atoms with Crippen LogP contribution in [0.1, 0.15) is 5.56 Å². The van der Waals surface area contributed by atoms with Crippen LogP contribution in [0.25, 0.3) is 16.9 Å². The van der Waals surface area contributed by atoms with Gasteiger partial charge in [-0.05, 0) is 55.5 Å². The molecule has 166 valence electrons. The van der Waals surface area contributed by atoms with Gasteiger partial charge in [0, 0.05) is 28.2 Å². The second-order valence-corrected chi connectivity index (χ2v) is 8.91. The fourth-order valence-electron chi connectivity index (χ4n) is 3.44. The molecule has 0 fully saturated rings. The van der Waals surface area contributed by atoms with Crippen molar-refractivity contribution in [3.05, 3.63) is 83.5 Å². The number of halogens is 1. The monoisotopic (exact) mass is 477 g/mol. The Balaban J connectivity index is 1.41. The Labute approximate surface area is 200 Å². The number of carbonyl (C=O) groups excluding carboxylic acids is 1. The molecular weight excluding hydrogens is 458 g/mol. The van der Waals surface area contributed by atoms with Crippen LogP contribution in [0.5, 0.6) is 11.5 Å². The Morgan fingerprint density at radius 2 is 1.91 bits per heavy atom. The normalized spacial score (nSPS) is 12.1. The summed E-state index contributed by atoms with van der Waals surface area (Å²) in [6, 6.07) is 21.0. The number of ether oxygens (including phenoxy) is 2. The zero-order valence-electron chi connectivity index (χ0n) is 17.7. The zero-order chi connectivity index (χ0) is 22.8. The number of hydrogen-bond donors (Lipinski definition) is 1. The molecule has 1 N–H and O–H groups in total. The first-order chi connectivity index (χ1) is 16.0. The molecule has 0 saturated heterocycles. The first kappa shape index (κ1) is 21.4. The molecule has 1 aliphatic heterocycles. The van der Waals surface area contributed by atoms with Crippen molar-refractivity contribution in [3.63, 3.8) is 0 Å². The number of aromatic nitrogens is 2. The summed E-state index contributed by atoms with van der Waals surface area (Å²) in [6.07, 6.45) is 1.97. The summed E-state index contributed by atoms with van der Waals surface area (Å²) in [7, 11) is 0. The maximum Gasteiger partial charge on any atom is 0.234 e. The zero-order valence-corrected chi connectivity index (χ0v) is 19.3. The summed E-state index contributed by atoms with van der Waals surface area (Å²) in [5.74, 6) is 1.50. The van der Waals surface area contributed by atoms with Crippen molar-refractivity contribution in [2.24, 2.45) is 0 Å². The highest BCUT2D eigenvalue weighted by molar-refractivity contribution is 7.99. The summed E-state index contributed by atoms with van der Waals surface area (Å²) in [5, 5.41) is 4.16. The molecule has 1 aliphatic rings. The van der Waals surface area contributed by atoms with E-state index >= 15 is 0 Å². The van der Waals surface area contributed by atoms with Gasteiger partial charge < -0.3 is 14.8 Å². The third kappa shape index (κ3) is 4.84. The topological polar surface area (TPSA) is 65.4 Å². The van der Waals surface area contributed by atoms with Crippen LogP contribution in [0.4, 0.5) is 5.69 Å². The molecule has 0 unspecified atom stereocenters. The molecule has 4 aromatic rings. The second-order valence-electron chi connectivity index (χ2n) is 7.53. The minimum atomic E-state index is -0.134. The molecule has 3 aromatic carbocycles. The van der Waals surface area contributed by atoms with Crippen LogP contribution < -0.4 is 14.8 Å². The minimum absolute atomic E-state index is 0.134. The van der Waals surface area contributed by atoms with Crippen LogP contribution in [-0.2, 0) is 4.79 Å². The van der Waals surface area contributed by atoms with Crippen molar-refractivity contribution in [2.75, 3.05) is 17.9 Å². The number of aryl methyl sites for hydroxylation is 1. The van der Waals surface area contributed by atoms with E-state index < -0.39 is 0 Å². The van der Waals surface area contributed by atoms with Gasteiger partial charge in [0.15, 0.2) is 16.7 Å². The average Bonchev–Trinajstić information content (AvgIpc) is 3.45. The maximum absolute atomic E-state index is 12.6. The summed E-state index contributed by atoms with van der Waals surface area (Å²) in [6.45, 7) is 2.27. The molecular formula is C25H20ClN3O3S. The number of rotatable bonds is 6. The average molecular weight is 478 g/mol. The summed E-state index contributed by atoms with van der Waals surface area (Å²) in [4.78, 5) is 17.4. The third-order valence-corrected chi connectivity index (χ3v) is 6.28. The number of fused-ring (bicyclic) bond motifs is 1. The van der Waals surface area contributed by atoms with Crippen molar-refractivity contribution in [3.8, 4) is 28.4 Å². The Hall–Kier alpha value is -3.42. The maximum atomic E-state index is 12.6. The van der Waals surface area contributed by atoms with E-state index in [1.165, 1.54) is 17.3 Å². The van der Waals surface area contributed by atoms with E-state index in [-0.39, 0.29) is 18.5 Å². The Bertz CT molecular complexity index is 1320. The van der Waals surface area contributed by atoms with Crippen LogP contribution in [0, 0.1) is 6.92 Å². The van der Waals surface area contributed by atoms with Crippen LogP contribution in [0.2, 0.25) is 5.02 Å². The van der Waals surface area contributed by atoms with E-state index in [2.05, 4.69) is 17.4 Å². The van der Waals surface area contributed by atoms with Gasteiger partial charge in [-0.3, -0.25) is 9.36 Å². The smallest absolute Gasteiger partial charge is 0.234 e. The van der Waals surface area contributed by atoms with Gasteiger partial charge in [0.1, 0.15) is 0 Å². The number of hydrogen-bond acceptors (Lipinski definition) is 5. The lowest BCUT2D eigenvalue weighted by molar-refractivity contribution is -0.113. The molecule has 0 radical (unpaired) electrons. The fraction of sp³-hybridized carbons (Fsp3) is 0.120. The molecule has 5 rings (SSSR count). The predicted octanol–water partition coefficient (Wildman–Crippen LogP) is 5.96. The summed E-state index contributed by atoms with van der Waals surface area (Å²) in [5.41, 5.74) is 4.50. The van der Waals surface area contributed by atoms with Crippen molar-refractivity contribution >= 4 is 35.0 Å². The molecule has 2 heterocycles. The minimum Gasteiger partial charge on any atom is -0.454 e. The first-order valence-corrected chi connectivity index (χ1v) is 11.7. The van der Waals surface area contributed by atoms with E-state index in [0.29, 0.717) is 21.6 Å². The van der Waals surface area contributed by atoms with E-state index in [1.807, 2.05) is 48.0 Å². The number of carbonyl (C=O) groups is 1. The number of benzene rings is 3. The molecule has 0 aliphatic carbocycles. The molecule has 1 amide bonds. The Kier molecular flexibility index (Phi) is 5.98. The first-order valence-electron chi connectivity index (χ1n) is 10.3. The van der Waals surface area contributed by atoms with Gasteiger partial charge in [0.2, 0.25) is 12.7 Å². The Morgan fingerprint density at radius 3 is 2.73 bits per heavy atom. The highest BCUT2D eigenvalue weighted by atomic mass is 35.5. The number of thioether (sulfide) groups is 1. The highest BCUT2D eigenvalue weighted by Gasteiger charge is 2.18. The van der Waals surface area contributed by atoms with Crippen molar-refractivity contribution < 1.29 is 14.3 Å². The SMILES string of the molecule is Cc1ccc(-n2cc(-c3ccc4c(c3)OCO4)nc2SCC(=O)Nc2cccc(Cl)c2)cc1. The number of imidazole rings is 1. The lowest BCUT2D eigenvalue weighted by Gasteiger charge is -2.08. The van der Waals surface area contributed by atoms with E-state index in [0.717, 1.165) is 22.7 Å². The van der Waals surface area contributed by atoms with Gasteiger partial charge in [-0.2, -0.15) is 0 Å². The van der Waals surface area contributed by atoms with Gasteiger partial charge in [-0.1, -0.05) is 47.1 Å². The predicted molar refractivity (Wildman–Crippen MR) is 131 cm³/mol. The van der Waals surface area contributed by atoms with Gasteiger partial charge in [0.25, 0.3) is 0 Å². The van der Waals surface area contributed by atoms with Crippen molar-refractivity contribution in [1.29, 1.82) is 0 Å². The van der Waals surface area contributed by atoms with Gasteiger partial charge in [-0.25, -0.2) is 4.98 Å². The van der Waals surface area contributed by atoms with E-state index in [9.17, 15) is 4.79 Å².